The molecule has 4 heavy (non-hydrogen) atoms. The Morgan fingerprint density at radius 1 is 0.750 bits per heavy atom. The van der Waals surface area contributed by atoms with Crippen LogP contribution in [0.1, 0.15) is 0 Å². The monoisotopic (exact) mass is 555 g/mol. The van der Waals surface area contributed by atoms with Crippen LogP contribution in [0.3, 0.4) is 0 Å². The molecule has 13 valence electrons. The summed E-state index contributed by atoms with van der Waals surface area (Å²) in [5, 5.41) is 0. The van der Waals surface area contributed by atoms with Gasteiger partial charge in [0, 0.05) is 103 Å². The maximum atomic E-state index is 0. The number of hydrogen-bond donors (Lipinski definition) is 0. The zero-order valence-electron chi connectivity index (χ0n) is 2.28. The van der Waals surface area contributed by atoms with E-state index in [1.807, 2.05) is 0 Å². The molecule has 0 spiro atoms. The van der Waals surface area contributed by atoms with Crippen molar-refractivity contribution in [1.82, 2.24) is 0 Å². The summed E-state index contributed by atoms with van der Waals surface area (Å²) in [4.78, 5) is 0. The van der Waals surface area contributed by atoms with Gasteiger partial charge in [0.15, 0.2) is 0 Å². The van der Waals surface area contributed by atoms with Gasteiger partial charge in [-0.2, -0.15) is 0 Å². The van der Waals surface area contributed by atoms with Crippen molar-refractivity contribution < 1.29 is 0 Å². The summed E-state index contributed by atoms with van der Waals surface area (Å²) < 4.78 is 0. The predicted molar refractivity (Wildman–Crippen MR) is 23.0 cm³/mol. The van der Waals surface area contributed by atoms with Crippen molar-refractivity contribution in [3.8, 4) is 0 Å². The fourth-order valence-corrected chi connectivity index (χ4v) is 0. The van der Waals surface area contributed by atoms with Crippen molar-refractivity contribution in [2.45, 2.75) is 0 Å². The first-order valence-electron chi connectivity index (χ1n) is 0. The first-order chi connectivity index (χ1) is 0. The largest absolute Gasteiger partial charge is 0 e. The maximum Gasteiger partial charge on any atom is 0 e. The Bertz CT molecular complexity index is 6.00. The van der Waals surface area contributed by atoms with Crippen LogP contribution in [-0.4, -0.2) is 103 Å². The van der Waals surface area contributed by atoms with E-state index in [1.54, 1.807) is 0 Å². The zero-order chi connectivity index (χ0) is 0. The van der Waals surface area contributed by atoms with E-state index in [-0.39, 0.29) is 103 Å². The van der Waals surface area contributed by atoms with Crippen molar-refractivity contribution in [3.05, 3.63) is 0 Å². The van der Waals surface area contributed by atoms with Gasteiger partial charge in [0.05, 0.1) is 0 Å². The molecule has 0 unspecified atom stereocenters. The Balaban J connectivity index is 0. The van der Waals surface area contributed by atoms with Crippen LogP contribution in [0.2, 0.25) is 0 Å². The molecule has 0 rings (SSSR count). The Labute approximate surface area is 101 Å². The molecule has 0 atom stereocenters. The minimum atomic E-state index is 0. The Morgan fingerprint density at radius 3 is 0.750 bits per heavy atom. The molecule has 0 N–H and O–H groups in total. The molecule has 0 aromatic heterocycles. The summed E-state index contributed by atoms with van der Waals surface area (Å²) in [6, 6.07) is 0. The molecule has 0 aromatic rings. The molecule has 13 radical (unpaired) electrons. The summed E-state index contributed by atoms with van der Waals surface area (Å²) in [5.74, 6) is 0. The second kappa shape index (κ2) is 16.1. The molecule has 0 aliphatic heterocycles. The van der Waals surface area contributed by atoms with E-state index in [0.29, 0.717) is 0 Å². The minimum absolute atomic E-state index is 0. The van der Waals surface area contributed by atoms with Gasteiger partial charge < -0.3 is 0 Å². The van der Waals surface area contributed by atoms with Gasteiger partial charge in [-0.25, -0.2) is 0 Å². The topological polar surface area (TPSA) is 0 Å². The molecule has 0 fully saturated rings. The molecule has 0 aliphatic carbocycles. The molecule has 0 aromatic carbocycles. The van der Waals surface area contributed by atoms with Gasteiger partial charge in [-0.3, -0.25) is 0 Å². The fraction of sp³-hybridized carbons (Fsp3) is 0. The number of rotatable bonds is 0. The standard InChI is InChI=1S/In.Mg.2Pb. The van der Waals surface area contributed by atoms with Gasteiger partial charge in [-0.15, -0.1) is 0 Å². The average molecular weight is 554 g/mol. The van der Waals surface area contributed by atoms with Gasteiger partial charge in [-0.05, 0) is 0 Å². The van der Waals surface area contributed by atoms with Crippen LogP contribution in [-0.2, 0) is 0 Å². The Hall–Kier alpha value is 3.48. The van der Waals surface area contributed by atoms with E-state index in [9.17, 15) is 0 Å². The van der Waals surface area contributed by atoms with E-state index in [1.165, 1.54) is 0 Å². The second-order valence-electron chi connectivity index (χ2n) is 0. The summed E-state index contributed by atoms with van der Waals surface area (Å²) in [7, 11) is 0. The third-order valence-electron chi connectivity index (χ3n) is 0. The molecule has 4 heteroatoms. The van der Waals surface area contributed by atoms with Crippen molar-refractivity contribution in [2.24, 2.45) is 0 Å². The van der Waals surface area contributed by atoms with Crippen molar-refractivity contribution >= 4 is 103 Å². The van der Waals surface area contributed by atoms with Gasteiger partial charge in [0.2, 0.25) is 0 Å². The molecule has 0 saturated carbocycles. The molecule has 0 amide bonds. The maximum absolute atomic E-state index is 0. The summed E-state index contributed by atoms with van der Waals surface area (Å²) in [6.07, 6.45) is 0. The molecule has 0 saturated heterocycles. The van der Waals surface area contributed by atoms with Crippen LogP contribution in [0.15, 0.2) is 0 Å². The number of hydrogen-bond acceptors (Lipinski definition) is 0. The first kappa shape index (κ1) is 25.9. The molecular formula is InMgPb2. The second-order valence-corrected chi connectivity index (χ2v) is 0. The van der Waals surface area contributed by atoms with Crippen LogP contribution in [0, 0.1) is 0 Å². The van der Waals surface area contributed by atoms with Gasteiger partial charge in [-0.1, -0.05) is 0 Å². The van der Waals surface area contributed by atoms with E-state index >= 15 is 0 Å². The molecule has 0 heterocycles. The molecule has 0 bridgehead atoms. The molecule has 0 aliphatic rings. The average Bonchev–Trinajstić information content (AvgIpc) is 0. The van der Waals surface area contributed by atoms with Crippen molar-refractivity contribution in [1.29, 1.82) is 0 Å². The summed E-state index contributed by atoms with van der Waals surface area (Å²) >= 11 is 0. The fourth-order valence-electron chi connectivity index (χ4n) is 0. The predicted octanol–water partition coefficient (Wildman–Crippen LogP) is -1.52. The van der Waals surface area contributed by atoms with E-state index in [0.717, 1.165) is 0 Å². The Kier molecular flexibility index (Phi) is 104. The van der Waals surface area contributed by atoms with Crippen LogP contribution in [0.4, 0.5) is 0 Å². The van der Waals surface area contributed by atoms with E-state index < -0.39 is 0 Å². The normalized spacial score (nSPS) is 0. The summed E-state index contributed by atoms with van der Waals surface area (Å²) in [6.45, 7) is 0. The van der Waals surface area contributed by atoms with Gasteiger partial charge >= 0.3 is 0 Å². The van der Waals surface area contributed by atoms with E-state index in [2.05, 4.69) is 0 Å². The smallest absolute Gasteiger partial charge is 0 e. The third-order valence-corrected chi connectivity index (χ3v) is 0. The Morgan fingerprint density at radius 2 is 0.750 bits per heavy atom. The van der Waals surface area contributed by atoms with Crippen molar-refractivity contribution in [3.63, 3.8) is 0 Å². The minimum Gasteiger partial charge on any atom is 0 e. The zero-order valence-corrected chi connectivity index (χ0v) is 14.8. The summed E-state index contributed by atoms with van der Waals surface area (Å²) in [5.41, 5.74) is 0. The first-order valence-corrected chi connectivity index (χ1v) is 0. The van der Waals surface area contributed by atoms with E-state index in [4.69, 9.17) is 0 Å². The van der Waals surface area contributed by atoms with Crippen LogP contribution < -0.4 is 0 Å². The van der Waals surface area contributed by atoms with Crippen molar-refractivity contribution in [2.75, 3.05) is 0 Å². The van der Waals surface area contributed by atoms with Crippen LogP contribution >= 0.6 is 0 Å². The molecule has 0 nitrogen and oxygen atoms in total. The quantitative estimate of drug-likeness (QED) is 0.320. The third kappa shape index (κ3) is 9.08. The van der Waals surface area contributed by atoms with Gasteiger partial charge in [0.1, 0.15) is 0 Å². The van der Waals surface area contributed by atoms with Crippen LogP contribution in [0.25, 0.3) is 0 Å². The molecular weight excluding hydrogens is 554 g/mol. The van der Waals surface area contributed by atoms with Crippen LogP contribution in [0.5, 0.6) is 0 Å². The SMILES string of the molecule is [In].[Mg].[Pb].[Pb]. The van der Waals surface area contributed by atoms with Gasteiger partial charge in [0.25, 0.3) is 0 Å².